The monoisotopic (exact) mass is 340 g/mol. The zero-order valence-corrected chi connectivity index (χ0v) is 14.0. The molecule has 0 spiro atoms. The largest absolute Gasteiger partial charge is 0.312 e. The highest BCUT2D eigenvalue weighted by Crippen LogP contribution is 2.31. The summed E-state index contributed by atoms with van der Waals surface area (Å²) in [7, 11) is -1.92. The van der Waals surface area contributed by atoms with Crippen LogP contribution in [0.5, 0.6) is 0 Å². The fraction of sp³-hybridized carbons (Fsp3) is 0.167. The normalized spacial score (nSPS) is 14.1. The maximum atomic E-state index is 13.3. The molecule has 3 aromatic rings. The standard InChI is InChI=1S/C18H16N2O3S/c1-19-12-11-16-17(24(22,23)13-7-3-2-4-8-13)14-9-5-6-10-15(14)18(21)20(16)19/h2-10H,11-12H2,1H3. The van der Waals surface area contributed by atoms with Gasteiger partial charge in [-0.1, -0.05) is 36.4 Å². The van der Waals surface area contributed by atoms with E-state index in [1.165, 1.54) is 4.68 Å². The summed E-state index contributed by atoms with van der Waals surface area (Å²) in [4.78, 5) is 13.3. The van der Waals surface area contributed by atoms with Crippen molar-refractivity contribution in [2.45, 2.75) is 16.2 Å². The van der Waals surface area contributed by atoms with Crippen molar-refractivity contribution in [3.05, 3.63) is 70.6 Å². The second-order valence-electron chi connectivity index (χ2n) is 5.89. The Kier molecular flexibility index (Phi) is 3.25. The number of benzene rings is 2. The molecule has 0 bridgehead atoms. The topological polar surface area (TPSA) is 59.4 Å². The molecule has 0 radical (unpaired) electrons. The van der Waals surface area contributed by atoms with Crippen molar-refractivity contribution in [3.63, 3.8) is 0 Å². The molecule has 4 rings (SSSR count). The second kappa shape index (κ2) is 5.21. The van der Waals surface area contributed by atoms with E-state index in [0.717, 1.165) is 0 Å². The summed E-state index contributed by atoms with van der Waals surface area (Å²) >= 11 is 0. The quantitative estimate of drug-likeness (QED) is 0.715. The van der Waals surface area contributed by atoms with Gasteiger partial charge in [-0.15, -0.1) is 0 Å². The molecule has 0 atom stereocenters. The van der Waals surface area contributed by atoms with Gasteiger partial charge in [0.15, 0.2) is 0 Å². The molecule has 0 aliphatic carbocycles. The van der Waals surface area contributed by atoms with E-state index in [1.807, 2.05) is 0 Å². The molecule has 122 valence electrons. The molecule has 5 nitrogen and oxygen atoms in total. The Labute approximate surface area is 139 Å². The SMILES string of the molecule is CN1CCc2c(S(=O)(=O)c3ccccc3)c3ccccc3c(=O)n21. The van der Waals surface area contributed by atoms with Gasteiger partial charge in [-0.3, -0.25) is 4.79 Å². The maximum Gasteiger partial charge on any atom is 0.277 e. The van der Waals surface area contributed by atoms with Crippen molar-refractivity contribution < 1.29 is 8.42 Å². The highest BCUT2D eigenvalue weighted by molar-refractivity contribution is 7.91. The molecule has 0 N–H and O–H groups in total. The predicted molar refractivity (Wildman–Crippen MR) is 92.8 cm³/mol. The van der Waals surface area contributed by atoms with Crippen LogP contribution in [0.2, 0.25) is 0 Å². The average molecular weight is 340 g/mol. The smallest absolute Gasteiger partial charge is 0.277 e. The van der Waals surface area contributed by atoms with Crippen LogP contribution in [0.25, 0.3) is 10.8 Å². The molecule has 1 aliphatic heterocycles. The molecule has 0 fully saturated rings. The zero-order valence-electron chi connectivity index (χ0n) is 13.1. The van der Waals surface area contributed by atoms with E-state index in [2.05, 4.69) is 0 Å². The van der Waals surface area contributed by atoms with E-state index in [4.69, 9.17) is 0 Å². The number of fused-ring (bicyclic) bond motifs is 2. The lowest BCUT2D eigenvalue weighted by Crippen LogP contribution is -2.36. The third-order valence-corrected chi connectivity index (χ3v) is 6.33. The lowest BCUT2D eigenvalue weighted by molar-refractivity contribution is 0.594. The second-order valence-corrected chi connectivity index (χ2v) is 7.77. The first-order chi connectivity index (χ1) is 11.5. The first-order valence-electron chi connectivity index (χ1n) is 7.70. The fourth-order valence-electron chi connectivity index (χ4n) is 3.32. The van der Waals surface area contributed by atoms with E-state index in [9.17, 15) is 13.2 Å². The molecular weight excluding hydrogens is 324 g/mol. The fourth-order valence-corrected chi connectivity index (χ4v) is 5.04. The maximum absolute atomic E-state index is 13.3. The lowest BCUT2D eigenvalue weighted by Gasteiger charge is -2.18. The Morgan fingerprint density at radius 1 is 0.917 bits per heavy atom. The van der Waals surface area contributed by atoms with Crippen molar-refractivity contribution in [2.75, 3.05) is 18.6 Å². The Hall–Kier alpha value is -2.60. The molecule has 0 amide bonds. The molecule has 2 heterocycles. The van der Waals surface area contributed by atoms with E-state index in [-0.39, 0.29) is 15.4 Å². The third kappa shape index (κ3) is 1.99. The van der Waals surface area contributed by atoms with Crippen LogP contribution in [0.3, 0.4) is 0 Å². The summed E-state index contributed by atoms with van der Waals surface area (Å²) in [5.41, 5.74) is 0.387. The first-order valence-corrected chi connectivity index (χ1v) is 9.18. The number of nitrogens with zero attached hydrogens (tertiary/aromatic N) is 2. The predicted octanol–water partition coefficient (Wildman–Crippen LogP) is 1.96. The molecule has 1 aliphatic rings. The third-order valence-electron chi connectivity index (χ3n) is 4.45. The Morgan fingerprint density at radius 3 is 2.25 bits per heavy atom. The van der Waals surface area contributed by atoms with Crippen LogP contribution in [0, 0.1) is 0 Å². The zero-order chi connectivity index (χ0) is 16.9. The average Bonchev–Trinajstić information content (AvgIpc) is 2.97. The number of likely N-dealkylation sites (N-methyl/N-ethyl adjacent to an activating group) is 1. The Balaban J connectivity index is 2.18. The van der Waals surface area contributed by atoms with Gasteiger partial charge in [-0.05, 0) is 18.2 Å². The van der Waals surface area contributed by atoms with E-state index >= 15 is 0 Å². The van der Waals surface area contributed by atoms with Crippen LogP contribution in [0.1, 0.15) is 5.69 Å². The molecule has 0 saturated carbocycles. The van der Waals surface area contributed by atoms with Gasteiger partial charge >= 0.3 is 0 Å². The van der Waals surface area contributed by atoms with Gasteiger partial charge in [0.2, 0.25) is 9.84 Å². The van der Waals surface area contributed by atoms with Gasteiger partial charge in [0.1, 0.15) is 4.90 Å². The minimum Gasteiger partial charge on any atom is -0.312 e. The van der Waals surface area contributed by atoms with E-state index < -0.39 is 9.84 Å². The summed E-state index contributed by atoms with van der Waals surface area (Å²) in [6, 6.07) is 15.3. The van der Waals surface area contributed by atoms with Gasteiger partial charge in [0.05, 0.1) is 16.0 Å². The molecule has 0 unspecified atom stereocenters. The van der Waals surface area contributed by atoms with Crippen LogP contribution in [0.15, 0.2) is 69.2 Å². The number of hydrogen-bond acceptors (Lipinski definition) is 4. The van der Waals surface area contributed by atoms with Crippen molar-refractivity contribution >= 4 is 20.6 Å². The molecule has 1 aromatic heterocycles. The molecule has 6 heteroatoms. The number of pyridine rings is 1. The van der Waals surface area contributed by atoms with Crippen molar-refractivity contribution in [2.24, 2.45) is 0 Å². The molecular formula is C18H16N2O3S. The number of sulfone groups is 1. The summed E-state index contributed by atoms with van der Waals surface area (Å²) in [6.45, 7) is 0.614. The lowest BCUT2D eigenvalue weighted by atomic mass is 10.1. The number of hydrogen-bond donors (Lipinski definition) is 0. The van der Waals surface area contributed by atoms with Gasteiger partial charge in [0, 0.05) is 25.4 Å². The van der Waals surface area contributed by atoms with Gasteiger partial charge in [-0.2, -0.15) is 0 Å². The van der Waals surface area contributed by atoms with Crippen molar-refractivity contribution in [3.8, 4) is 0 Å². The minimum atomic E-state index is -3.72. The Bertz CT molecular complexity index is 1100. The first kappa shape index (κ1) is 15.0. The van der Waals surface area contributed by atoms with Crippen LogP contribution < -0.4 is 10.6 Å². The number of rotatable bonds is 2. The van der Waals surface area contributed by atoms with Gasteiger partial charge in [-0.25, -0.2) is 13.1 Å². The summed E-state index contributed by atoms with van der Waals surface area (Å²) < 4.78 is 28.1. The van der Waals surface area contributed by atoms with Crippen LogP contribution in [-0.2, 0) is 16.3 Å². The summed E-state index contributed by atoms with van der Waals surface area (Å²) in [5.74, 6) is 0. The van der Waals surface area contributed by atoms with Crippen LogP contribution >= 0.6 is 0 Å². The van der Waals surface area contributed by atoms with Crippen molar-refractivity contribution in [1.82, 2.24) is 4.68 Å². The van der Waals surface area contributed by atoms with Gasteiger partial charge < -0.3 is 5.01 Å². The summed E-state index contributed by atoms with van der Waals surface area (Å²) in [6.07, 6.45) is 0.526. The molecule has 0 saturated heterocycles. The minimum absolute atomic E-state index is 0.174. The van der Waals surface area contributed by atoms with Crippen molar-refractivity contribution in [1.29, 1.82) is 0 Å². The number of aromatic nitrogens is 1. The van der Waals surface area contributed by atoms with E-state index in [0.29, 0.717) is 29.4 Å². The molecule has 2 aromatic carbocycles. The van der Waals surface area contributed by atoms with Gasteiger partial charge in [0.25, 0.3) is 5.56 Å². The molecule has 24 heavy (non-hydrogen) atoms. The summed E-state index contributed by atoms with van der Waals surface area (Å²) in [5, 5.41) is 2.69. The van der Waals surface area contributed by atoms with Crippen LogP contribution in [-0.4, -0.2) is 26.7 Å². The highest BCUT2D eigenvalue weighted by atomic mass is 32.2. The highest BCUT2D eigenvalue weighted by Gasteiger charge is 2.31. The Morgan fingerprint density at radius 2 is 1.54 bits per heavy atom. The van der Waals surface area contributed by atoms with Crippen LogP contribution in [0.4, 0.5) is 0 Å². The van der Waals surface area contributed by atoms with E-state index in [1.54, 1.807) is 66.7 Å².